The molecule has 0 fully saturated rings. The van der Waals surface area contributed by atoms with Gasteiger partial charge in [0.25, 0.3) is 0 Å². The fourth-order valence-corrected chi connectivity index (χ4v) is 3.07. The van der Waals surface area contributed by atoms with Crippen molar-refractivity contribution in [3.05, 3.63) is 95.6 Å². The molecule has 3 rings (SSSR count). The molecule has 0 bridgehead atoms. The summed E-state index contributed by atoms with van der Waals surface area (Å²) in [7, 11) is 0. The van der Waals surface area contributed by atoms with Crippen LogP contribution in [-0.2, 0) is 6.42 Å². The predicted molar refractivity (Wildman–Crippen MR) is 90.3 cm³/mol. The monoisotopic (exact) mass is 274 g/mol. The summed E-state index contributed by atoms with van der Waals surface area (Å²) < 4.78 is 0. The van der Waals surface area contributed by atoms with Gasteiger partial charge in [0.05, 0.1) is 0 Å². The van der Waals surface area contributed by atoms with Crippen molar-refractivity contribution in [2.75, 3.05) is 0 Å². The molecule has 0 aromatic heterocycles. The SMILES string of the molecule is CC1C=C(C(Cc2ccccc2)c2ccccc2)C=CC1. The lowest BCUT2D eigenvalue weighted by Gasteiger charge is -2.23. The summed E-state index contributed by atoms with van der Waals surface area (Å²) in [5.41, 5.74) is 4.27. The van der Waals surface area contributed by atoms with Crippen molar-refractivity contribution in [3.8, 4) is 0 Å². The minimum absolute atomic E-state index is 0.451. The van der Waals surface area contributed by atoms with E-state index in [2.05, 4.69) is 85.8 Å². The van der Waals surface area contributed by atoms with E-state index >= 15 is 0 Å². The van der Waals surface area contributed by atoms with Crippen LogP contribution in [0.2, 0.25) is 0 Å². The lowest BCUT2D eigenvalue weighted by molar-refractivity contribution is 0.699. The Morgan fingerprint density at radius 1 is 0.952 bits per heavy atom. The molecule has 2 atom stereocenters. The first-order valence-corrected chi connectivity index (χ1v) is 7.80. The molecule has 0 aliphatic heterocycles. The summed E-state index contributed by atoms with van der Waals surface area (Å²) in [6, 6.07) is 21.7. The maximum Gasteiger partial charge on any atom is 0.0127 e. The highest BCUT2D eigenvalue weighted by Crippen LogP contribution is 2.32. The maximum atomic E-state index is 2.45. The van der Waals surface area contributed by atoms with E-state index in [1.165, 1.54) is 16.7 Å². The van der Waals surface area contributed by atoms with Gasteiger partial charge in [-0.25, -0.2) is 0 Å². The highest BCUT2D eigenvalue weighted by molar-refractivity contribution is 5.39. The molecule has 2 aromatic rings. The van der Waals surface area contributed by atoms with Gasteiger partial charge in [-0.3, -0.25) is 0 Å². The Labute approximate surface area is 127 Å². The van der Waals surface area contributed by atoms with Gasteiger partial charge in [-0.05, 0) is 35.5 Å². The van der Waals surface area contributed by atoms with Crippen molar-refractivity contribution in [3.63, 3.8) is 0 Å². The van der Waals surface area contributed by atoms with E-state index in [1.807, 2.05) is 0 Å². The first kappa shape index (κ1) is 13.9. The van der Waals surface area contributed by atoms with Crippen LogP contribution in [-0.4, -0.2) is 0 Å². The van der Waals surface area contributed by atoms with E-state index in [-0.39, 0.29) is 0 Å². The molecule has 0 N–H and O–H groups in total. The van der Waals surface area contributed by atoms with Crippen LogP contribution in [0.5, 0.6) is 0 Å². The Bertz CT molecular complexity index is 620. The Hall–Kier alpha value is -2.08. The second-order valence-corrected chi connectivity index (χ2v) is 5.94. The fourth-order valence-electron chi connectivity index (χ4n) is 3.07. The smallest absolute Gasteiger partial charge is 0.0127 e. The summed E-state index contributed by atoms with van der Waals surface area (Å²) in [6.07, 6.45) is 9.31. The van der Waals surface area contributed by atoms with Crippen LogP contribution < -0.4 is 0 Å². The Balaban J connectivity index is 1.94. The van der Waals surface area contributed by atoms with Crippen molar-refractivity contribution in [1.29, 1.82) is 0 Å². The van der Waals surface area contributed by atoms with E-state index in [9.17, 15) is 0 Å². The summed E-state index contributed by atoms with van der Waals surface area (Å²) in [4.78, 5) is 0. The molecule has 2 aromatic carbocycles. The van der Waals surface area contributed by atoms with Gasteiger partial charge in [0.15, 0.2) is 0 Å². The van der Waals surface area contributed by atoms with Gasteiger partial charge in [-0.15, -0.1) is 0 Å². The molecule has 21 heavy (non-hydrogen) atoms. The van der Waals surface area contributed by atoms with Gasteiger partial charge >= 0.3 is 0 Å². The van der Waals surface area contributed by atoms with Crippen LogP contribution in [0.3, 0.4) is 0 Å². The van der Waals surface area contributed by atoms with E-state index in [0.29, 0.717) is 11.8 Å². The van der Waals surface area contributed by atoms with Gasteiger partial charge in [-0.1, -0.05) is 85.8 Å². The van der Waals surface area contributed by atoms with Crippen LogP contribution in [0.1, 0.15) is 30.4 Å². The Morgan fingerprint density at radius 2 is 1.62 bits per heavy atom. The number of benzene rings is 2. The topological polar surface area (TPSA) is 0 Å². The molecule has 0 spiro atoms. The highest BCUT2D eigenvalue weighted by atomic mass is 14.2. The molecule has 1 aliphatic rings. The molecule has 0 saturated carbocycles. The fraction of sp³-hybridized carbons (Fsp3) is 0.238. The van der Waals surface area contributed by atoms with Crippen LogP contribution in [0.25, 0.3) is 0 Å². The van der Waals surface area contributed by atoms with Gasteiger partial charge < -0.3 is 0 Å². The molecule has 1 aliphatic carbocycles. The minimum atomic E-state index is 0.451. The third kappa shape index (κ3) is 3.52. The Morgan fingerprint density at radius 3 is 2.29 bits per heavy atom. The number of allylic oxidation sites excluding steroid dienone is 4. The summed E-state index contributed by atoms with van der Waals surface area (Å²) >= 11 is 0. The molecule has 0 nitrogen and oxygen atoms in total. The van der Waals surface area contributed by atoms with E-state index in [0.717, 1.165) is 12.8 Å². The van der Waals surface area contributed by atoms with E-state index < -0.39 is 0 Å². The molecule has 106 valence electrons. The van der Waals surface area contributed by atoms with E-state index in [4.69, 9.17) is 0 Å². The average molecular weight is 274 g/mol. The van der Waals surface area contributed by atoms with Crippen molar-refractivity contribution in [2.45, 2.75) is 25.7 Å². The van der Waals surface area contributed by atoms with Crippen LogP contribution in [0.4, 0.5) is 0 Å². The van der Waals surface area contributed by atoms with Gasteiger partial charge in [0.2, 0.25) is 0 Å². The molecular weight excluding hydrogens is 252 g/mol. The van der Waals surface area contributed by atoms with Crippen molar-refractivity contribution < 1.29 is 0 Å². The van der Waals surface area contributed by atoms with Crippen molar-refractivity contribution in [2.24, 2.45) is 5.92 Å². The summed E-state index contributed by atoms with van der Waals surface area (Å²) in [5, 5.41) is 0. The number of hydrogen-bond donors (Lipinski definition) is 0. The standard InChI is InChI=1S/C21H22/c1-17-9-8-14-20(15-17)21(19-12-6-3-7-13-19)16-18-10-4-2-5-11-18/h2-8,10-15,17,21H,9,16H2,1H3. The van der Waals surface area contributed by atoms with Crippen LogP contribution in [0.15, 0.2) is 84.5 Å². The number of hydrogen-bond acceptors (Lipinski definition) is 0. The Kier molecular flexibility index (Phi) is 4.35. The number of rotatable bonds is 4. The second kappa shape index (κ2) is 6.58. The first-order chi connectivity index (χ1) is 10.3. The van der Waals surface area contributed by atoms with Gasteiger partial charge in [0.1, 0.15) is 0 Å². The zero-order valence-corrected chi connectivity index (χ0v) is 12.6. The normalized spacial score (nSPS) is 19.1. The molecule has 0 heteroatoms. The lowest BCUT2D eigenvalue weighted by atomic mass is 9.82. The minimum Gasteiger partial charge on any atom is -0.0837 e. The molecular formula is C21H22. The quantitative estimate of drug-likeness (QED) is 0.687. The molecule has 0 saturated heterocycles. The van der Waals surface area contributed by atoms with Gasteiger partial charge in [0, 0.05) is 5.92 Å². The zero-order chi connectivity index (χ0) is 14.5. The lowest BCUT2D eigenvalue weighted by Crippen LogP contribution is -2.08. The van der Waals surface area contributed by atoms with Gasteiger partial charge in [-0.2, -0.15) is 0 Å². The average Bonchev–Trinajstić information content (AvgIpc) is 2.54. The predicted octanol–water partition coefficient (Wildman–Crippen LogP) is 5.54. The van der Waals surface area contributed by atoms with Crippen LogP contribution >= 0.6 is 0 Å². The third-order valence-electron chi connectivity index (χ3n) is 4.18. The zero-order valence-electron chi connectivity index (χ0n) is 12.6. The third-order valence-corrected chi connectivity index (χ3v) is 4.18. The van der Waals surface area contributed by atoms with E-state index in [1.54, 1.807) is 0 Å². The maximum absolute atomic E-state index is 2.45. The van der Waals surface area contributed by atoms with Crippen molar-refractivity contribution in [1.82, 2.24) is 0 Å². The highest BCUT2D eigenvalue weighted by Gasteiger charge is 2.18. The molecule has 0 heterocycles. The second-order valence-electron chi connectivity index (χ2n) is 5.94. The van der Waals surface area contributed by atoms with Crippen LogP contribution in [0, 0.1) is 5.92 Å². The largest absolute Gasteiger partial charge is 0.0837 e. The van der Waals surface area contributed by atoms with Crippen molar-refractivity contribution >= 4 is 0 Å². The summed E-state index contributed by atoms with van der Waals surface area (Å²) in [5.74, 6) is 1.10. The first-order valence-electron chi connectivity index (χ1n) is 7.80. The summed E-state index contributed by atoms with van der Waals surface area (Å²) in [6.45, 7) is 2.30. The molecule has 0 radical (unpaired) electrons. The molecule has 0 amide bonds. The molecule has 2 unspecified atom stereocenters.